The van der Waals surface area contributed by atoms with Gasteiger partial charge in [-0.3, -0.25) is 19.1 Å². The minimum atomic E-state index is -4.94. The number of fused-ring (bicyclic) bond motifs is 3. The Balaban J connectivity index is 1.38. The van der Waals surface area contributed by atoms with Crippen LogP contribution in [0.5, 0.6) is 11.8 Å². The molecule has 2 saturated carbocycles. The SMILES string of the molecule is CC[C@@H]1C[C@@H](C)CC/C=C\[C@@H]2C[C@@]2(C(=O)NS(=O)(=O)C2(C)CC2)NC(=O)[C@@H]2C[C@@H](Oc3nc(OC)cc4cc(F)ccc34)CN2C(=O)[C@H]1NC(=O)OC(C)(C)C(F)(F)F. The van der Waals surface area contributed by atoms with Crippen molar-refractivity contribution < 1.29 is 59.4 Å². The lowest BCUT2D eigenvalue weighted by molar-refractivity contribution is -0.244. The van der Waals surface area contributed by atoms with E-state index in [1.807, 2.05) is 13.0 Å². The van der Waals surface area contributed by atoms with E-state index in [1.165, 1.54) is 38.3 Å². The minimum absolute atomic E-state index is 0.00476. The predicted octanol–water partition coefficient (Wildman–Crippen LogP) is 5.44. The van der Waals surface area contributed by atoms with E-state index in [1.54, 1.807) is 13.0 Å². The lowest BCUT2D eigenvalue weighted by Crippen LogP contribution is -2.60. The van der Waals surface area contributed by atoms with Crippen molar-refractivity contribution in [2.75, 3.05) is 13.7 Å². The maximum absolute atomic E-state index is 14.9. The number of rotatable bonds is 9. The highest BCUT2D eigenvalue weighted by atomic mass is 32.2. The van der Waals surface area contributed by atoms with E-state index in [2.05, 4.69) is 20.3 Å². The van der Waals surface area contributed by atoms with Crippen LogP contribution in [0, 0.1) is 23.6 Å². The van der Waals surface area contributed by atoms with E-state index in [9.17, 15) is 45.2 Å². The van der Waals surface area contributed by atoms with Crippen LogP contribution < -0.4 is 24.8 Å². The van der Waals surface area contributed by atoms with Crippen molar-refractivity contribution in [1.29, 1.82) is 0 Å². The van der Waals surface area contributed by atoms with Gasteiger partial charge in [0, 0.05) is 23.8 Å². The fourth-order valence-electron chi connectivity index (χ4n) is 7.79. The zero-order valence-corrected chi connectivity index (χ0v) is 34.6. The molecule has 2 aromatic rings. The van der Waals surface area contributed by atoms with Gasteiger partial charge in [-0.15, -0.1) is 0 Å². The summed E-state index contributed by atoms with van der Waals surface area (Å²) in [5.74, 6) is -4.29. The third-order valence-corrected chi connectivity index (χ3v) is 14.3. The summed E-state index contributed by atoms with van der Waals surface area (Å²) in [6, 6.07) is 2.53. The van der Waals surface area contributed by atoms with Gasteiger partial charge in [-0.2, -0.15) is 18.2 Å². The molecule has 0 unspecified atom stereocenters. The van der Waals surface area contributed by atoms with Gasteiger partial charge in [0.1, 0.15) is 29.5 Å². The average Bonchev–Trinajstić information content (AvgIpc) is 4.03. The number of aromatic nitrogens is 1. The summed E-state index contributed by atoms with van der Waals surface area (Å²) in [6.45, 7) is 6.29. The second kappa shape index (κ2) is 16.1. The molecule has 0 spiro atoms. The van der Waals surface area contributed by atoms with Gasteiger partial charge in [0.05, 0.1) is 18.4 Å². The number of allylic oxidation sites excluding steroid dienone is 1. The standard InChI is InChI=1S/C40H51F4N5O9S/c1-7-23-16-22(2)10-8-9-11-25-20-39(25,35(52)48-59(54,55)38(5)14-15-38)47-32(50)29-19-27(57-33-28-13-12-26(41)17-24(28)18-30(45-33)56-6)21-49(29)34(51)31(23)46-36(53)58-37(3,4)40(42,43)44/h9,11-13,17-18,22-23,25,27,29,31H,7-8,10,14-16,19-21H2,1-6H3,(H,46,53)(H,47,50)(H,48,52)/b11-9-/t22-,23+,25+,27+,29-,31-,39+/m0/s1. The van der Waals surface area contributed by atoms with Crippen molar-refractivity contribution >= 4 is 44.6 Å². The van der Waals surface area contributed by atoms with E-state index < -0.39 is 91.7 Å². The number of benzene rings is 1. The van der Waals surface area contributed by atoms with Crippen molar-refractivity contribution in [3.05, 3.63) is 42.2 Å². The molecule has 4 amide bonds. The van der Waals surface area contributed by atoms with Crippen molar-refractivity contribution in [1.82, 2.24) is 25.2 Å². The van der Waals surface area contributed by atoms with Gasteiger partial charge < -0.3 is 29.7 Å². The normalized spacial score (nSPS) is 29.2. The van der Waals surface area contributed by atoms with Crippen LogP contribution in [0.25, 0.3) is 10.8 Å². The lowest BCUT2D eigenvalue weighted by Gasteiger charge is -2.35. The minimum Gasteiger partial charge on any atom is -0.481 e. The van der Waals surface area contributed by atoms with Crippen molar-refractivity contribution in [2.24, 2.45) is 17.8 Å². The molecule has 324 valence electrons. The molecule has 4 aliphatic rings. The molecular weight excluding hydrogens is 803 g/mol. The second-order valence-electron chi connectivity index (χ2n) is 17.0. The van der Waals surface area contributed by atoms with E-state index in [4.69, 9.17) is 14.2 Å². The van der Waals surface area contributed by atoms with Crippen LogP contribution in [0.15, 0.2) is 36.4 Å². The number of carbonyl (C=O) groups is 4. The first-order valence-electron chi connectivity index (χ1n) is 19.8. The molecular formula is C40H51F4N5O9S. The molecule has 14 nitrogen and oxygen atoms in total. The number of ether oxygens (including phenoxy) is 3. The van der Waals surface area contributed by atoms with Crippen LogP contribution in [0.4, 0.5) is 22.4 Å². The quantitative estimate of drug-likeness (QED) is 0.217. The molecule has 2 aliphatic carbocycles. The summed E-state index contributed by atoms with van der Waals surface area (Å²) in [6.07, 6.45) is -1.42. The number of hydrogen-bond donors (Lipinski definition) is 3. The fourth-order valence-corrected chi connectivity index (χ4v) is 9.10. The Morgan fingerprint density at radius 3 is 2.47 bits per heavy atom. The molecule has 3 fully saturated rings. The maximum Gasteiger partial charge on any atom is 0.427 e. The first-order valence-corrected chi connectivity index (χ1v) is 21.2. The molecule has 3 N–H and O–H groups in total. The molecule has 0 radical (unpaired) electrons. The molecule has 59 heavy (non-hydrogen) atoms. The topological polar surface area (TPSA) is 182 Å². The third-order valence-electron chi connectivity index (χ3n) is 12.1. The summed E-state index contributed by atoms with van der Waals surface area (Å²) in [5, 5.41) is 5.94. The zero-order chi connectivity index (χ0) is 43.3. The van der Waals surface area contributed by atoms with Crippen LogP contribution in [0.1, 0.15) is 86.0 Å². The average molecular weight is 854 g/mol. The summed E-state index contributed by atoms with van der Waals surface area (Å²) < 4.78 is 99.5. The van der Waals surface area contributed by atoms with Crippen molar-refractivity contribution in [2.45, 2.75) is 126 Å². The van der Waals surface area contributed by atoms with Crippen LogP contribution in [-0.2, 0) is 29.1 Å². The number of methoxy groups -OCH3 is 1. The molecule has 6 rings (SSSR count). The number of halogens is 4. The molecule has 3 heterocycles. The van der Waals surface area contributed by atoms with Crippen LogP contribution >= 0.6 is 0 Å². The highest BCUT2D eigenvalue weighted by Crippen LogP contribution is 2.48. The van der Waals surface area contributed by atoms with Gasteiger partial charge in [-0.25, -0.2) is 17.6 Å². The van der Waals surface area contributed by atoms with E-state index in [0.717, 1.165) is 4.90 Å². The largest absolute Gasteiger partial charge is 0.481 e. The Bertz CT molecular complexity index is 2130. The zero-order valence-electron chi connectivity index (χ0n) is 33.8. The summed E-state index contributed by atoms with van der Waals surface area (Å²) in [4.78, 5) is 62.2. The Kier molecular flexibility index (Phi) is 11.9. The Labute approximate surface area is 340 Å². The highest BCUT2D eigenvalue weighted by Gasteiger charge is 2.63. The van der Waals surface area contributed by atoms with Gasteiger partial charge in [0.15, 0.2) is 0 Å². The Morgan fingerprint density at radius 2 is 1.83 bits per heavy atom. The van der Waals surface area contributed by atoms with Crippen molar-refractivity contribution in [3.63, 3.8) is 0 Å². The van der Waals surface area contributed by atoms with Crippen LogP contribution in [-0.4, -0.2) is 96.0 Å². The fraction of sp³-hybridized carbons (Fsp3) is 0.625. The number of pyridine rings is 1. The number of alkyl halides is 3. The molecule has 19 heteroatoms. The highest BCUT2D eigenvalue weighted by molar-refractivity contribution is 7.91. The first kappa shape index (κ1) is 43.9. The molecule has 1 saturated heterocycles. The number of nitrogens with zero attached hydrogens (tertiary/aromatic N) is 2. The van der Waals surface area contributed by atoms with Crippen LogP contribution in [0.2, 0.25) is 0 Å². The second-order valence-corrected chi connectivity index (χ2v) is 19.2. The molecule has 0 bridgehead atoms. The maximum atomic E-state index is 14.9. The van der Waals surface area contributed by atoms with Gasteiger partial charge in [0.2, 0.25) is 39.2 Å². The molecule has 7 atom stereocenters. The molecule has 2 aliphatic heterocycles. The number of sulfonamides is 1. The summed E-state index contributed by atoms with van der Waals surface area (Å²) in [7, 11) is -2.75. The molecule has 1 aromatic carbocycles. The number of amides is 4. The Hall–Kier alpha value is -4.68. The number of carbonyl (C=O) groups excluding carboxylic acids is 4. The van der Waals surface area contributed by atoms with E-state index in [-0.39, 0.29) is 37.1 Å². The number of nitrogens with one attached hydrogen (secondary N) is 3. The van der Waals surface area contributed by atoms with Crippen LogP contribution in [0.3, 0.4) is 0 Å². The van der Waals surface area contributed by atoms with Gasteiger partial charge in [-0.05, 0) is 94.7 Å². The first-order chi connectivity index (χ1) is 27.5. The number of hydrogen-bond acceptors (Lipinski definition) is 10. The summed E-state index contributed by atoms with van der Waals surface area (Å²) >= 11 is 0. The van der Waals surface area contributed by atoms with E-state index in [0.29, 0.717) is 63.1 Å². The predicted molar refractivity (Wildman–Crippen MR) is 206 cm³/mol. The number of alkyl carbamates (subject to hydrolysis) is 1. The van der Waals surface area contributed by atoms with E-state index >= 15 is 0 Å². The van der Waals surface area contributed by atoms with Gasteiger partial charge in [-0.1, -0.05) is 32.4 Å². The molecule has 1 aromatic heterocycles. The third kappa shape index (κ3) is 9.09. The monoisotopic (exact) mass is 853 g/mol. The Morgan fingerprint density at radius 1 is 1.12 bits per heavy atom. The smallest absolute Gasteiger partial charge is 0.427 e. The lowest BCUT2D eigenvalue weighted by atomic mass is 9.85. The van der Waals surface area contributed by atoms with Gasteiger partial charge in [0.25, 0.3) is 5.91 Å². The van der Waals surface area contributed by atoms with Crippen molar-refractivity contribution in [3.8, 4) is 11.8 Å². The van der Waals surface area contributed by atoms with Gasteiger partial charge >= 0.3 is 12.3 Å². The summed E-state index contributed by atoms with van der Waals surface area (Å²) in [5.41, 5.74) is -4.59.